The molecule has 92 valence electrons. The Kier molecular flexibility index (Phi) is 2.24. The van der Waals surface area contributed by atoms with E-state index in [9.17, 15) is 9.90 Å². The minimum atomic E-state index is -0.343. The van der Waals surface area contributed by atoms with Crippen molar-refractivity contribution in [2.45, 2.75) is 46.1 Å². The number of aliphatic hydroxyl groups excluding tert-OH is 1. The fourth-order valence-electron chi connectivity index (χ4n) is 4.03. The molecule has 0 aromatic rings. The number of hydrogen-bond acceptors (Lipinski definition) is 2. The molecule has 3 atom stereocenters. The van der Waals surface area contributed by atoms with Gasteiger partial charge in [0.15, 0.2) is 0 Å². The summed E-state index contributed by atoms with van der Waals surface area (Å²) in [6, 6.07) is 0. The standard InChI is InChI=1S/C13H23NO2/c1-11(2)12(3)6-7-13(11,8-9(12)15)10(16)14(4)5/h9,15H,6-8H2,1-5H3/t9-,12-,13-/m0/s1. The van der Waals surface area contributed by atoms with Crippen LogP contribution < -0.4 is 0 Å². The number of aliphatic hydroxyl groups is 1. The molecule has 0 unspecified atom stereocenters. The normalized spacial score (nSPS) is 44.8. The van der Waals surface area contributed by atoms with Crippen LogP contribution in [0.3, 0.4) is 0 Å². The maximum Gasteiger partial charge on any atom is 0.228 e. The molecule has 2 saturated carbocycles. The van der Waals surface area contributed by atoms with Crippen LogP contribution in [0.15, 0.2) is 0 Å². The van der Waals surface area contributed by atoms with Gasteiger partial charge in [-0.1, -0.05) is 20.8 Å². The molecule has 0 aromatic carbocycles. The lowest BCUT2D eigenvalue weighted by atomic mass is 9.64. The van der Waals surface area contributed by atoms with Gasteiger partial charge in [0, 0.05) is 14.1 Å². The van der Waals surface area contributed by atoms with E-state index in [1.807, 2.05) is 14.1 Å². The first kappa shape index (κ1) is 11.9. The van der Waals surface area contributed by atoms with E-state index in [-0.39, 0.29) is 28.3 Å². The van der Waals surface area contributed by atoms with Crippen LogP contribution in [0.5, 0.6) is 0 Å². The number of amides is 1. The maximum absolute atomic E-state index is 12.4. The van der Waals surface area contributed by atoms with E-state index in [1.165, 1.54) is 0 Å². The van der Waals surface area contributed by atoms with Gasteiger partial charge in [-0.15, -0.1) is 0 Å². The van der Waals surface area contributed by atoms with Crippen LogP contribution in [0.2, 0.25) is 0 Å². The lowest BCUT2D eigenvalue weighted by Gasteiger charge is -2.41. The molecule has 0 heterocycles. The number of carbonyl (C=O) groups excluding carboxylic acids is 1. The van der Waals surface area contributed by atoms with Crippen LogP contribution in [0.1, 0.15) is 40.0 Å². The summed E-state index contributed by atoms with van der Waals surface area (Å²) in [6.45, 7) is 6.44. The van der Waals surface area contributed by atoms with Crippen molar-refractivity contribution in [3.05, 3.63) is 0 Å². The predicted molar refractivity (Wildman–Crippen MR) is 62.9 cm³/mol. The Morgan fingerprint density at radius 2 is 1.81 bits per heavy atom. The summed E-state index contributed by atoms with van der Waals surface area (Å²) in [5.41, 5.74) is -0.551. The number of carbonyl (C=O) groups is 1. The van der Waals surface area contributed by atoms with Crippen molar-refractivity contribution in [1.82, 2.24) is 4.90 Å². The zero-order valence-electron chi connectivity index (χ0n) is 11.0. The van der Waals surface area contributed by atoms with E-state index >= 15 is 0 Å². The molecule has 0 aliphatic heterocycles. The molecule has 2 aliphatic rings. The molecule has 2 fully saturated rings. The Hall–Kier alpha value is -0.570. The van der Waals surface area contributed by atoms with Gasteiger partial charge < -0.3 is 10.0 Å². The molecular formula is C13H23NO2. The molecule has 0 radical (unpaired) electrons. The number of nitrogens with zero attached hydrogens (tertiary/aromatic N) is 1. The van der Waals surface area contributed by atoms with Crippen molar-refractivity contribution < 1.29 is 9.90 Å². The highest BCUT2D eigenvalue weighted by Crippen LogP contribution is 2.72. The lowest BCUT2D eigenvalue weighted by Crippen LogP contribution is -2.46. The van der Waals surface area contributed by atoms with Gasteiger partial charge in [-0.3, -0.25) is 4.79 Å². The van der Waals surface area contributed by atoms with E-state index in [0.717, 1.165) is 12.8 Å². The Balaban J connectivity index is 2.48. The molecule has 0 saturated heterocycles. The molecule has 2 rings (SSSR count). The first-order valence-electron chi connectivity index (χ1n) is 6.09. The summed E-state index contributed by atoms with van der Waals surface area (Å²) in [6.07, 6.45) is 2.18. The minimum Gasteiger partial charge on any atom is -0.393 e. The van der Waals surface area contributed by atoms with E-state index in [2.05, 4.69) is 20.8 Å². The van der Waals surface area contributed by atoms with Crippen LogP contribution in [0.25, 0.3) is 0 Å². The van der Waals surface area contributed by atoms with Crippen LogP contribution in [-0.2, 0) is 4.79 Å². The second-order valence-electron chi connectivity index (χ2n) is 6.54. The van der Waals surface area contributed by atoms with E-state index in [4.69, 9.17) is 0 Å². The lowest BCUT2D eigenvalue weighted by molar-refractivity contribution is -0.144. The van der Waals surface area contributed by atoms with Crippen LogP contribution >= 0.6 is 0 Å². The average molecular weight is 225 g/mol. The molecule has 2 bridgehead atoms. The van der Waals surface area contributed by atoms with E-state index in [0.29, 0.717) is 6.42 Å². The first-order valence-corrected chi connectivity index (χ1v) is 6.09. The molecule has 3 heteroatoms. The molecule has 16 heavy (non-hydrogen) atoms. The van der Waals surface area contributed by atoms with E-state index < -0.39 is 0 Å². The van der Waals surface area contributed by atoms with Crippen molar-refractivity contribution in [1.29, 1.82) is 0 Å². The first-order chi connectivity index (χ1) is 7.19. The second kappa shape index (κ2) is 3.00. The topological polar surface area (TPSA) is 40.5 Å². The average Bonchev–Trinajstić information content (AvgIpc) is 2.46. The third-order valence-corrected chi connectivity index (χ3v) is 5.79. The van der Waals surface area contributed by atoms with Gasteiger partial charge in [-0.2, -0.15) is 0 Å². The third-order valence-electron chi connectivity index (χ3n) is 5.79. The van der Waals surface area contributed by atoms with Gasteiger partial charge in [-0.25, -0.2) is 0 Å². The highest BCUT2D eigenvalue weighted by Gasteiger charge is 2.72. The summed E-state index contributed by atoms with van der Waals surface area (Å²) in [4.78, 5) is 14.1. The molecule has 1 amide bonds. The maximum atomic E-state index is 12.4. The van der Waals surface area contributed by atoms with Crippen molar-refractivity contribution in [2.75, 3.05) is 14.1 Å². The zero-order chi connectivity index (χ0) is 12.4. The fourth-order valence-corrected chi connectivity index (χ4v) is 4.03. The molecule has 2 aliphatic carbocycles. The second-order valence-corrected chi connectivity index (χ2v) is 6.54. The summed E-state index contributed by atoms with van der Waals surface area (Å²) in [5.74, 6) is 0.192. The number of fused-ring (bicyclic) bond motifs is 2. The van der Waals surface area contributed by atoms with Crippen LogP contribution in [-0.4, -0.2) is 36.1 Å². The highest BCUT2D eigenvalue weighted by molar-refractivity contribution is 5.84. The van der Waals surface area contributed by atoms with Gasteiger partial charge in [0.1, 0.15) is 0 Å². The Labute approximate surface area is 97.8 Å². The smallest absolute Gasteiger partial charge is 0.228 e. The van der Waals surface area contributed by atoms with Crippen molar-refractivity contribution in [2.24, 2.45) is 16.2 Å². The van der Waals surface area contributed by atoms with Crippen LogP contribution in [0.4, 0.5) is 0 Å². The molecule has 0 spiro atoms. The third kappa shape index (κ3) is 1.01. The zero-order valence-corrected chi connectivity index (χ0v) is 11.0. The van der Waals surface area contributed by atoms with Crippen molar-refractivity contribution >= 4 is 5.91 Å². The van der Waals surface area contributed by atoms with Crippen molar-refractivity contribution in [3.63, 3.8) is 0 Å². The fraction of sp³-hybridized carbons (Fsp3) is 0.923. The molecule has 0 aromatic heterocycles. The SMILES string of the molecule is CN(C)C(=O)[C@]12CC[C@@](C)([C@@H](O)C1)C2(C)C. The van der Waals surface area contributed by atoms with Gasteiger partial charge in [0.25, 0.3) is 0 Å². The number of rotatable bonds is 1. The summed E-state index contributed by atoms with van der Waals surface area (Å²) in [7, 11) is 3.63. The van der Waals surface area contributed by atoms with Gasteiger partial charge in [0.05, 0.1) is 11.5 Å². The summed E-state index contributed by atoms with van der Waals surface area (Å²) < 4.78 is 0. The summed E-state index contributed by atoms with van der Waals surface area (Å²) >= 11 is 0. The Bertz CT molecular complexity index is 337. The van der Waals surface area contributed by atoms with Gasteiger partial charge in [-0.05, 0) is 30.1 Å². The van der Waals surface area contributed by atoms with Crippen LogP contribution in [0, 0.1) is 16.2 Å². The monoisotopic (exact) mass is 225 g/mol. The molecule has 1 N–H and O–H groups in total. The Morgan fingerprint density at radius 1 is 1.25 bits per heavy atom. The number of hydrogen-bond donors (Lipinski definition) is 1. The van der Waals surface area contributed by atoms with Crippen molar-refractivity contribution in [3.8, 4) is 0 Å². The largest absolute Gasteiger partial charge is 0.393 e. The van der Waals surface area contributed by atoms with Gasteiger partial charge >= 0.3 is 0 Å². The van der Waals surface area contributed by atoms with Gasteiger partial charge in [0.2, 0.25) is 5.91 Å². The predicted octanol–water partition coefficient (Wildman–Crippen LogP) is 1.65. The molecular weight excluding hydrogens is 202 g/mol. The quantitative estimate of drug-likeness (QED) is 0.737. The van der Waals surface area contributed by atoms with E-state index in [1.54, 1.807) is 4.90 Å². The highest BCUT2D eigenvalue weighted by atomic mass is 16.3. The Morgan fingerprint density at radius 3 is 2.12 bits per heavy atom. The minimum absolute atomic E-state index is 0.0985. The molecule has 3 nitrogen and oxygen atoms in total. The summed E-state index contributed by atoms with van der Waals surface area (Å²) in [5, 5.41) is 10.2.